The highest BCUT2D eigenvalue weighted by atomic mass is 19.1. The molecular weight excluding hydrogens is 306 g/mol. The normalized spacial score (nSPS) is 20.8. The number of benzene rings is 2. The second kappa shape index (κ2) is 7.78. The minimum atomic E-state index is -0.571. The van der Waals surface area contributed by atoms with Crippen LogP contribution in [0.3, 0.4) is 0 Å². The first kappa shape index (κ1) is 16.9. The van der Waals surface area contributed by atoms with Gasteiger partial charge in [-0.15, -0.1) is 0 Å². The van der Waals surface area contributed by atoms with Crippen molar-refractivity contribution in [1.29, 1.82) is 0 Å². The van der Waals surface area contributed by atoms with Crippen LogP contribution in [0, 0.1) is 17.6 Å². The van der Waals surface area contributed by atoms with Gasteiger partial charge in [0.05, 0.1) is 0 Å². The number of rotatable bonds is 5. The zero-order chi connectivity index (χ0) is 16.9. The first-order valence-electron chi connectivity index (χ1n) is 8.82. The highest BCUT2D eigenvalue weighted by Crippen LogP contribution is 2.37. The Balaban J connectivity index is 1.57. The molecule has 1 aliphatic rings. The van der Waals surface area contributed by atoms with E-state index in [0.717, 1.165) is 12.0 Å². The van der Waals surface area contributed by atoms with Crippen LogP contribution in [-0.4, -0.2) is 0 Å². The van der Waals surface area contributed by atoms with E-state index in [-0.39, 0.29) is 6.61 Å². The number of halogens is 2. The Hall–Kier alpha value is -1.90. The van der Waals surface area contributed by atoms with E-state index in [9.17, 15) is 8.78 Å². The van der Waals surface area contributed by atoms with Gasteiger partial charge in [-0.05, 0) is 67.3 Å². The molecule has 0 atom stereocenters. The van der Waals surface area contributed by atoms with Gasteiger partial charge in [-0.2, -0.15) is 0 Å². The highest BCUT2D eigenvalue weighted by Gasteiger charge is 2.21. The molecule has 3 rings (SSSR count). The molecule has 1 saturated carbocycles. The molecule has 0 saturated heterocycles. The van der Waals surface area contributed by atoms with Crippen molar-refractivity contribution < 1.29 is 13.5 Å². The standard InChI is InChI=1S/C21H24F2O/c1-2-15-3-5-16(6-4-15)17-8-11-20(12-9-17)24-14-18-7-10-19(22)13-21(18)23/h7-13,15-16H,2-6,14H2,1H3. The van der Waals surface area contributed by atoms with Gasteiger partial charge >= 0.3 is 0 Å². The number of hydrogen-bond donors (Lipinski definition) is 0. The van der Waals surface area contributed by atoms with E-state index in [0.29, 0.717) is 17.2 Å². The maximum absolute atomic E-state index is 13.6. The van der Waals surface area contributed by atoms with Gasteiger partial charge < -0.3 is 4.74 Å². The minimum absolute atomic E-state index is 0.104. The summed E-state index contributed by atoms with van der Waals surface area (Å²) in [6, 6.07) is 11.7. The summed E-state index contributed by atoms with van der Waals surface area (Å²) in [5.41, 5.74) is 1.73. The fourth-order valence-electron chi connectivity index (χ4n) is 3.54. The van der Waals surface area contributed by atoms with Gasteiger partial charge in [-0.25, -0.2) is 8.78 Å². The molecule has 0 aromatic heterocycles. The predicted octanol–water partition coefficient (Wildman–Crippen LogP) is 6.23. The smallest absolute Gasteiger partial charge is 0.132 e. The summed E-state index contributed by atoms with van der Waals surface area (Å²) in [6.07, 6.45) is 6.46. The van der Waals surface area contributed by atoms with Crippen molar-refractivity contribution in [2.75, 3.05) is 0 Å². The summed E-state index contributed by atoms with van der Waals surface area (Å²) < 4.78 is 32.1. The Bertz CT molecular complexity index is 658. The third-order valence-electron chi connectivity index (χ3n) is 5.19. The molecule has 0 N–H and O–H groups in total. The quantitative estimate of drug-likeness (QED) is 0.631. The average molecular weight is 330 g/mol. The van der Waals surface area contributed by atoms with E-state index in [1.54, 1.807) is 0 Å². The van der Waals surface area contributed by atoms with Crippen LogP contribution in [0.5, 0.6) is 5.75 Å². The minimum Gasteiger partial charge on any atom is -0.489 e. The topological polar surface area (TPSA) is 9.23 Å². The van der Waals surface area contributed by atoms with Crippen LogP contribution in [0.25, 0.3) is 0 Å². The van der Waals surface area contributed by atoms with Gasteiger partial charge in [0.15, 0.2) is 0 Å². The molecule has 1 fully saturated rings. The summed E-state index contributed by atoms with van der Waals surface area (Å²) in [4.78, 5) is 0. The van der Waals surface area contributed by atoms with Gasteiger partial charge in [0.2, 0.25) is 0 Å². The van der Waals surface area contributed by atoms with Gasteiger partial charge in [-0.1, -0.05) is 25.5 Å². The van der Waals surface area contributed by atoms with Crippen LogP contribution in [0.2, 0.25) is 0 Å². The second-order valence-electron chi connectivity index (χ2n) is 6.72. The molecule has 0 bridgehead atoms. The van der Waals surface area contributed by atoms with Crippen LogP contribution >= 0.6 is 0 Å². The summed E-state index contributed by atoms with van der Waals surface area (Å²) in [7, 11) is 0. The Morgan fingerprint density at radius 1 is 0.958 bits per heavy atom. The molecule has 0 amide bonds. The van der Waals surface area contributed by atoms with Crippen molar-refractivity contribution in [2.24, 2.45) is 5.92 Å². The van der Waals surface area contributed by atoms with Crippen molar-refractivity contribution in [3.63, 3.8) is 0 Å². The van der Waals surface area contributed by atoms with Crippen molar-refractivity contribution in [3.8, 4) is 5.75 Å². The third-order valence-corrected chi connectivity index (χ3v) is 5.19. The molecule has 3 heteroatoms. The van der Waals surface area contributed by atoms with Gasteiger partial charge in [0, 0.05) is 11.6 Å². The zero-order valence-electron chi connectivity index (χ0n) is 14.1. The van der Waals surface area contributed by atoms with Gasteiger partial charge in [0.1, 0.15) is 24.0 Å². The lowest BCUT2D eigenvalue weighted by Gasteiger charge is -2.28. The Labute approximate surface area is 142 Å². The third kappa shape index (κ3) is 4.14. The highest BCUT2D eigenvalue weighted by molar-refractivity contribution is 5.30. The molecule has 2 aromatic carbocycles. The molecule has 0 heterocycles. The molecule has 1 nitrogen and oxygen atoms in total. The van der Waals surface area contributed by atoms with Crippen LogP contribution < -0.4 is 4.74 Å². The largest absolute Gasteiger partial charge is 0.489 e. The number of ether oxygens (including phenoxy) is 1. The first-order chi connectivity index (χ1) is 11.7. The van der Waals surface area contributed by atoms with E-state index in [1.165, 1.54) is 49.8 Å². The lowest BCUT2D eigenvalue weighted by Crippen LogP contribution is -2.12. The summed E-state index contributed by atoms with van der Waals surface area (Å²) in [5.74, 6) is 1.12. The maximum Gasteiger partial charge on any atom is 0.132 e. The molecule has 1 aliphatic carbocycles. The van der Waals surface area contributed by atoms with Crippen molar-refractivity contribution in [1.82, 2.24) is 0 Å². The van der Waals surface area contributed by atoms with Crippen LogP contribution in [0.15, 0.2) is 42.5 Å². The first-order valence-corrected chi connectivity index (χ1v) is 8.82. The molecule has 0 aliphatic heterocycles. The van der Waals surface area contributed by atoms with E-state index in [4.69, 9.17) is 4.74 Å². The van der Waals surface area contributed by atoms with Crippen molar-refractivity contribution >= 4 is 0 Å². The zero-order valence-corrected chi connectivity index (χ0v) is 14.1. The van der Waals surface area contributed by atoms with Crippen LogP contribution in [0.1, 0.15) is 56.1 Å². The summed E-state index contributed by atoms with van der Waals surface area (Å²) in [6.45, 7) is 2.38. The lowest BCUT2D eigenvalue weighted by molar-refractivity contribution is 0.298. The Kier molecular flexibility index (Phi) is 5.49. The predicted molar refractivity (Wildman–Crippen MR) is 92.1 cm³/mol. The van der Waals surface area contributed by atoms with E-state index < -0.39 is 11.6 Å². The fourth-order valence-corrected chi connectivity index (χ4v) is 3.54. The van der Waals surface area contributed by atoms with Crippen LogP contribution in [0.4, 0.5) is 8.78 Å². The molecule has 2 aromatic rings. The molecule has 0 spiro atoms. The molecule has 0 radical (unpaired) electrons. The van der Waals surface area contributed by atoms with E-state index in [1.807, 2.05) is 12.1 Å². The number of hydrogen-bond acceptors (Lipinski definition) is 1. The van der Waals surface area contributed by atoms with Crippen molar-refractivity contribution in [3.05, 3.63) is 65.2 Å². The van der Waals surface area contributed by atoms with Gasteiger partial charge in [-0.3, -0.25) is 0 Å². The lowest BCUT2D eigenvalue weighted by atomic mass is 9.78. The molecule has 0 unspecified atom stereocenters. The maximum atomic E-state index is 13.6. The summed E-state index contributed by atoms with van der Waals surface area (Å²) in [5, 5.41) is 0. The van der Waals surface area contributed by atoms with Crippen LogP contribution in [-0.2, 0) is 6.61 Å². The van der Waals surface area contributed by atoms with Crippen molar-refractivity contribution in [2.45, 2.75) is 51.6 Å². The van der Waals surface area contributed by atoms with E-state index in [2.05, 4.69) is 19.1 Å². The average Bonchev–Trinajstić information content (AvgIpc) is 2.62. The van der Waals surface area contributed by atoms with Gasteiger partial charge in [0.25, 0.3) is 0 Å². The Morgan fingerprint density at radius 2 is 1.67 bits per heavy atom. The monoisotopic (exact) mass is 330 g/mol. The molecule has 24 heavy (non-hydrogen) atoms. The van der Waals surface area contributed by atoms with E-state index >= 15 is 0 Å². The fraction of sp³-hybridized carbons (Fsp3) is 0.429. The SMILES string of the molecule is CCC1CCC(c2ccc(OCc3ccc(F)cc3F)cc2)CC1. The summed E-state index contributed by atoms with van der Waals surface area (Å²) >= 11 is 0. The molecular formula is C21H24F2O. The molecule has 128 valence electrons. The second-order valence-corrected chi connectivity index (χ2v) is 6.72. The Morgan fingerprint density at radius 3 is 2.29 bits per heavy atom.